The molecule has 0 aromatic heterocycles. The third-order valence-electron chi connectivity index (χ3n) is 1.26. The van der Waals surface area contributed by atoms with Crippen molar-refractivity contribution in [1.29, 1.82) is 0 Å². The second kappa shape index (κ2) is 7.43. The van der Waals surface area contributed by atoms with Crippen molar-refractivity contribution in [3.05, 3.63) is 0 Å². The molecule has 3 nitrogen and oxygen atoms in total. The summed E-state index contributed by atoms with van der Waals surface area (Å²) in [7, 11) is -3.70. The predicted molar refractivity (Wildman–Crippen MR) is 46.3 cm³/mol. The normalized spacial score (nSPS) is 10.7. The first kappa shape index (κ1) is 14.3. The molecule has 0 unspecified atom stereocenters. The van der Waals surface area contributed by atoms with E-state index in [9.17, 15) is 8.42 Å². The van der Waals surface area contributed by atoms with Crippen LogP contribution in [0.3, 0.4) is 0 Å². The van der Waals surface area contributed by atoms with Crippen LogP contribution in [0, 0.1) is 0 Å². The van der Waals surface area contributed by atoms with Crippen molar-refractivity contribution in [2.45, 2.75) is 32.6 Å². The maximum Gasteiger partial charge on any atom is 0.264 e. The van der Waals surface area contributed by atoms with Crippen LogP contribution in [-0.2, 0) is 10.1 Å². The SMILES string of the molecule is CCCCCCS(=O)(=O)O.[In]. The molecule has 1 N–H and O–H groups in total. The van der Waals surface area contributed by atoms with Crippen LogP contribution in [0.1, 0.15) is 32.6 Å². The smallest absolute Gasteiger partial charge is 0.264 e. The average molecular weight is 281 g/mol. The van der Waals surface area contributed by atoms with Gasteiger partial charge in [-0.15, -0.1) is 0 Å². The molecule has 5 heteroatoms. The van der Waals surface area contributed by atoms with Gasteiger partial charge in [0.2, 0.25) is 0 Å². The van der Waals surface area contributed by atoms with Gasteiger partial charge in [-0.05, 0) is 6.42 Å². The molecule has 65 valence electrons. The molecule has 0 aliphatic heterocycles. The molecule has 0 rings (SSSR count). The van der Waals surface area contributed by atoms with Gasteiger partial charge in [-0.1, -0.05) is 26.2 Å². The first-order valence-corrected chi connectivity index (χ1v) is 5.12. The molecule has 0 heterocycles. The second-order valence-electron chi connectivity index (χ2n) is 2.35. The molecule has 3 radical (unpaired) electrons. The van der Waals surface area contributed by atoms with E-state index in [1.807, 2.05) is 6.92 Å². The van der Waals surface area contributed by atoms with E-state index < -0.39 is 10.1 Å². The number of hydrogen-bond acceptors (Lipinski definition) is 2. The molecule has 0 spiro atoms. The van der Waals surface area contributed by atoms with Crippen LogP contribution in [0.25, 0.3) is 0 Å². The molecule has 0 saturated heterocycles. The Kier molecular flexibility index (Phi) is 9.67. The van der Waals surface area contributed by atoms with Gasteiger partial charge in [0.25, 0.3) is 10.1 Å². The van der Waals surface area contributed by atoms with Crippen molar-refractivity contribution in [2.24, 2.45) is 0 Å². The molecule has 0 fully saturated rings. The predicted octanol–water partition coefficient (Wildman–Crippen LogP) is 1.07. The van der Waals surface area contributed by atoms with Crippen molar-refractivity contribution in [3.63, 3.8) is 0 Å². The second-order valence-corrected chi connectivity index (χ2v) is 3.92. The van der Waals surface area contributed by atoms with Gasteiger partial charge in [-0.2, -0.15) is 8.42 Å². The van der Waals surface area contributed by atoms with E-state index in [2.05, 4.69) is 0 Å². The van der Waals surface area contributed by atoms with Crippen molar-refractivity contribution in [1.82, 2.24) is 0 Å². The van der Waals surface area contributed by atoms with Gasteiger partial charge < -0.3 is 0 Å². The number of hydrogen-bond donors (Lipinski definition) is 1. The van der Waals surface area contributed by atoms with E-state index in [0.29, 0.717) is 6.42 Å². The van der Waals surface area contributed by atoms with Crippen molar-refractivity contribution in [2.75, 3.05) is 5.75 Å². The minimum atomic E-state index is -3.70. The summed E-state index contributed by atoms with van der Waals surface area (Å²) in [5.41, 5.74) is 0. The van der Waals surface area contributed by atoms with E-state index in [1.54, 1.807) is 0 Å². The van der Waals surface area contributed by atoms with E-state index in [-0.39, 0.29) is 31.6 Å². The summed E-state index contributed by atoms with van der Waals surface area (Å²) in [6, 6.07) is 0. The monoisotopic (exact) mass is 281 g/mol. The standard InChI is InChI=1S/C6H14O3S.In/c1-2-3-4-5-6-10(7,8)9;/h2-6H2,1H3,(H,7,8,9);. The summed E-state index contributed by atoms with van der Waals surface area (Å²) in [6.07, 6.45) is 3.57. The first-order chi connectivity index (χ1) is 4.56. The maximum atomic E-state index is 10.1. The molecule has 0 atom stereocenters. The van der Waals surface area contributed by atoms with Crippen LogP contribution in [0.15, 0.2) is 0 Å². The van der Waals surface area contributed by atoms with Gasteiger partial charge in [-0.25, -0.2) is 0 Å². The van der Waals surface area contributed by atoms with Crippen LogP contribution in [0.4, 0.5) is 0 Å². The average Bonchev–Trinajstić information content (AvgIpc) is 1.78. The summed E-state index contributed by atoms with van der Waals surface area (Å²) >= 11 is 0. The van der Waals surface area contributed by atoms with Crippen LogP contribution in [-0.4, -0.2) is 44.6 Å². The summed E-state index contributed by atoms with van der Waals surface area (Å²) in [4.78, 5) is 0. The van der Waals surface area contributed by atoms with E-state index in [1.165, 1.54) is 0 Å². The molecule has 0 aliphatic rings. The largest absolute Gasteiger partial charge is 0.286 e. The zero-order chi connectivity index (χ0) is 8.04. The van der Waals surface area contributed by atoms with Gasteiger partial charge in [0, 0.05) is 25.8 Å². The van der Waals surface area contributed by atoms with Gasteiger partial charge in [0.1, 0.15) is 0 Å². The van der Waals surface area contributed by atoms with E-state index in [4.69, 9.17) is 4.55 Å². The van der Waals surface area contributed by atoms with Crippen LogP contribution >= 0.6 is 0 Å². The van der Waals surface area contributed by atoms with Crippen molar-refractivity contribution < 1.29 is 13.0 Å². The molecule has 0 aromatic rings. The summed E-state index contributed by atoms with van der Waals surface area (Å²) in [5, 5.41) is 0. The van der Waals surface area contributed by atoms with Crippen LogP contribution in [0.2, 0.25) is 0 Å². The molecule has 0 amide bonds. The summed E-state index contributed by atoms with van der Waals surface area (Å²) in [5.74, 6) is -0.0903. The maximum absolute atomic E-state index is 10.1. The van der Waals surface area contributed by atoms with Crippen molar-refractivity contribution >= 4 is 36.0 Å². The van der Waals surface area contributed by atoms with Crippen LogP contribution < -0.4 is 0 Å². The Morgan fingerprint density at radius 3 is 2.09 bits per heavy atom. The zero-order valence-corrected chi connectivity index (χ0v) is 10.9. The fourth-order valence-corrected chi connectivity index (χ4v) is 1.28. The number of unbranched alkanes of at least 4 members (excludes halogenated alkanes) is 3. The molecular weight excluding hydrogens is 267 g/mol. The summed E-state index contributed by atoms with van der Waals surface area (Å²) in [6.45, 7) is 2.05. The Labute approximate surface area is 87.1 Å². The Morgan fingerprint density at radius 2 is 1.73 bits per heavy atom. The third-order valence-corrected chi connectivity index (χ3v) is 2.06. The summed E-state index contributed by atoms with van der Waals surface area (Å²) < 4.78 is 28.6. The van der Waals surface area contributed by atoms with Gasteiger partial charge in [0.05, 0.1) is 5.75 Å². The fourth-order valence-electron chi connectivity index (χ4n) is 0.711. The Balaban J connectivity index is 0. The third kappa shape index (κ3) is 13.7. The van der Waals surface area contributed by atoms with E-state index >= 15 is 0 Å². The molecule has 0 saturated carbocycles. The minimum Gasteiger partial charge on any atom is -0.286 e. The Bertz CT molecular complexity index is 165. The van der Waals surface area contributed by atoms with E-state index in [0.717, 1.165) is 19.3 Å². The zero-order valence-electron chi connectivity index (χ0n) is 6.78. The van der Waals surface area contributed by atoms with Gasteiger partial charge >= 0.3 is 0 Å². The first-order valence-electron chi connectivity index (χ1n) is 3.51. The number of rotatable bonds is 5. The van der Waals surface area contributed by atoms with Crippen molar-refractivity contribution in [3.8, 4) is 0 Å². The van der Waals surface area contributed by atoms with Gasteiger partial charge in [-0.3, -0.25) is 4.55 Å². The Morgan fingerprint density at radius 1 is 1.18 bits per heavy atom. The molecular formula is C6H14InO3S. The van der Waals surface area contributed by atoms with Gasteiger partial charge in [0.15, 0.2) is 0 Å². The minimum absolute atomic E-state index is 0. The molecule has 11 heavy (non-hydrogen) atoms. The molecule has 0 bridgehead atoms. The van der Waals surface area contributed by atoms with Crippen LogP contribution in [0.5, 0.6) is 0 Å². The molecule has 0 aromatic carbocycles. The quantitative estimate of drug-likeness (QED) is 0.606. The fraction of sp³-hybridized carbons (Fsp3) is 1.00. The topological polar surface area (TPSA) is 54.4 Å². The molecule has 0 aliphatic carbocycles. The Hall–Kier alpha value is 0.780.